The van der Waals surface area contributed by atoms with E-state index in [1.807, 2.05) is 0 Å². The SMILES string of the molecule is CCC(C)OC(=O)NS(=O)(=O)Cl. The minimum Gasteiger partial charge on any atom is -0.446 e. The van der Waals surface area contributed by atoms with Crippen LogP contribution in [0.25, 0.3) is 0 Å². The van der Waals surface area contributed by atoms with Gasteiger partial charge in [0.25, 0.3) is 0 Å². The molecular weight excluding hydrogens is 206 g/mol. The van der Waals surface area contributed by atoms with Crippen LogP contribution in [-0.4, -0.2) is 20.6 Å². The van der Waals surface area contributed by atoms with Crippen molar-refractivity contribution in [2.45, 2.75) is 26.4 Å². The Balaban J connectivity index is 3.92. The van der Waals surface area contributed by atoms with Crippen molar-refractivity contribution < 1.29 is 17.9 Å². The average molecular weight is 216 g/mol. The number of halogens is 1. The van der Waals surface area contributed by atoms with E-state index in [1.54, 1.807) is 13.8 Å². The van der Waals surface area contributed by atoms with Crippen LogP contribution < -0.4 is 4.72 Å². The van der Waals surface area contributed by atoms with Crippen LogP contribution in [0.2, 0.25) is 0 Å². The Morgan fingerprint density at radius 3 is 2.50 bits per heavy atom. The number of hydrogen-bond donors (Lipinski definition) is 1. The largest absolute Gasteiger partial charge is 0.446 e. The fourth-order valence-electron chi connectivity index (χ4n) is 0.390. The summed E-state index contributed by atoms with van der Waals surface area (Å²) in [6, 6.07) is 0. The topological polar surface area (TPSA) is 72.5 Å². The van der Waals surface area contributed by atoms with Gasteiger partial charge in [0.15, 0.2) is 0 Å². The summed E-state index contributed by atoms with van der Waals surface area (Å²) in [7, 11) is 0.685. The van der Waals surface area contributed by atoms with Crippen LogP contribution in [0.1, 0.15) is 20.3 Å². The van der Waals surface area contributed by atoms with Crippen molar-refractivity contribution in [2.24, 2.45) is 0 Å². The second-order valence-corrected chi connectivity index (χ2v) is 4.46. The molecule has 0 aliphatic rings. The summed E-state index contributed by atoms with van der Waals surface area (Å²) in [5.74, 6) is 0. The standard InChI is InChI=1S/C5H10ClNO4S/c1-3-4(2)11-5(8)7-12(6,9)10/h4H,3H2,1-2H3,(H,7,8). The van der Waals surface area contributed by atoms with Crippen molar-refractivity contribution in [3.63, 3.8) is 0 Å². The molecule has 0 heterocycles. The molecule has 0 aromatic heterocycles. The fourth-order valence-corrected chi connectivity index (χ4v) is 0.826. The smallest absolute Gasteiger partial charge is 0.422 e. The molecule has 0 radical (unpaired) electrons. The van der Waals surface area contributed by atoms with Crippen LogP contribution in [0.3, 0.4) is 0 Å². The van der Waals surface area contributed by atoms with Crippen molar-refractivity contribution in [2.75, 3.05) is 0 Å². The summed E-state index contributed by atoms with van der Waals surface area (Å²) in [4.78, 5) is 10.6. The van der Waals surface area contributed by atoms with Gasteiger partial charge in [-0.1, -0.05) is 6.92 Å². The zero-order valence-corrected chi connectivity index (χ0v) is 8.28. The molecule has 1 N–H and O–H groups in total. The number of amides is 1. The van der Waals surface area contributed by atoms with Gasteiger partial charge in [0.05, 0.1) is 0 Å². The van der Waals surface area contributed by atoms with Gasteiger partial charge in [-0.15, -0.1) is 0 Å². The summed E-state index contributed by atoms with van der Waals surface area (Å²) in [6.45, 7) is 3.44. The van der Waals surface area contributed by atoms with Gasteiger partial charge in [0.1, 0.15) is 6.10 Å². The molecule has 0 fully saturated rings. The van der Waals surface area contributed by atoms with Crippen molar-refractivity contribution in [3.05, 3.63) is 0 Å². The van der Waals surface area contributed by atoms with Gasteiger partial charge in [0, 0.05) is 10.7 Å². The van der Waals surface area contributed by atoms with Gasteiger partial charge in [-0.2, -0.15) is 8.42 Å². The highest BCUT2D eigenvalue weighted by Gasteiger charge is 2.13. The van der Waals surface area contributed by atoms with E-state index in [1.165, 1.54) is 4.72 Å². The van der Waals surface area contributed by atoms with Crippen molar-refractivity contribution in [3.8, 4) is 0 Å². The van der Waals surface area contributed by atoms with Gasteiger partial charge >= 0.3 is 15.3 Å². The summed E-state index contributed by atoms with van der Waals surface area (Å²) in [6.07, 6.45) is -0.779. The first-order valence-electron chi connectivity index (χ1n) is 3.28. The normalized spacial score (nSPS) is 13.6. The van der Waals surface area contributed by atoms with E-state index in [2.05, 4.69) is 4.74 Å². The summed E-state index contributed by atoms with van der Waals surface area (Å²) < 4.78 is 26.6. The number of rotatable bonds is 3. The van der Waals surface area contributed by atoms with E-state index in [4.69, 9.17) is 10.7 Å². The van der Waals surface area contributed by atoms with Crippen LogP contribution >= 0.6 is 10.7 Å². The predicted octanol–water partition coefficient (Wildman–Crippen LogP) is 0.995. The quantitative estimate of drug-likeness (QED) is 0.713. The number of carbonyl (C=O) groups excluding carboxylic acids is 1. The third kappa shape index (κ3) is 6.23. The van der Waals surface area contributed by atoms with Gasteiger partial charge in [-0.05, 0) is 13.3 Å². The Hall–Kier alpha value is -0.490. The second kappa shape index (κ2) is 4.51. The molecular formula is C5H10ClNO4S. The summed E-state index contributed by atoms with van der Waals surface area (Å²) >= 11 is 0. The first-order chi connectivity index (χ1) is 5.35. The molecule has 5 nitrogen and oxygen atoms in total. The average Bonchev–Trinajstić information content (AvgIpc) is 1.82. The molecule has 1 atom stereocenters. The zero-order chi connectivity index (χ0) is 9.78. The van der Waals surface area contributed by atoms with Crippen molar-refractivity contribution in [1.29, 1.82) is 0 Å². The first kappa shape index (κ1) is 11.5. The highest BCUT2D eigenvalue weighted by molar-refractivity contribution is 8.12. The zero-order valence-electron chi connectivity index (χ0n) is 6.70. The van der Waals surface area contributed by atoms with Gasteiger partial charge < -0.3 is 4.74 Å². The molecule has 7 heteroatoms. The summed E-state index contributed by atoms with van der Waals surface area (Å²) in [5, 5.41) is 0. The lowest BCUT2D eigenvalue weighted by molar-refractivity contribution is 0.110. The Morgan fingerprint density at radius 2 is 2.17 bits per heavy atom. The molecule has 0 saturated carbocycles. The first-order valence-corrected chi connectivity index (χ1v) is 5.59. The second-order valence-electron chi connectivity index (χ2n) is 2.16. The van der Waals surface area contributed by atoms with Gasteiger partial charge in [0.2, 0.25) is 0 Å². The predicted molar refractivity (Wildman–Crippen MR) is 44.1 cm³/mol. The molecule has 0 aromatic carbocycles. The number of hydrogen-bond acceptors (Lipinski definition) is 4. The van der Waals surface area contributed by atoms with E-state index in [0.29, 0.717) is 6.42 Å². The molecule has 1 unspecified atom stereocenters. The van der Waals surface area contributed by atoms with E-state index in [-0.39, 0.29) is 6.10 Å². The highest BCUT2D eigenvalue weighted by atomic mass is 35.7. The molecule has 72 valence electrons. The third-order valence-corrected chi connectivity index (χ3v) is 1.73. The van der Waals surface area contributed by atoms with E-state index < -0.39 is 15.3 Å². The molecule has 0 spiro atoms. The lowest BCUT2D eigenvalue weighted by Gasteiger charge is -2.09. The molecule has 0 aromatic rings. The molecule has 0 bridgehead atoms. The number of nitrogens with one attached hydrogen (secondary N) is 1. The van der Waals surface area contributed by atoms with Crippen molar-refractivity contribution in [1.82, 2.24) is 4.72 Å². The Labute approximate surface area is 75.6 Å². The molecule has 0 aliphatic heterocycles. The van der Waals surface area contributed by atoms with Crippen LogP contribution in [-0.2, 0) is 14.0 Å². The molecule has 1 amide bonds. The number of ether oxygens (including phenoxy) is 1. The Bertz CT molecular complexity index is 250. The lowest BCUT2D eigenvalue weighted by Crippen LogP contribution is -2.29. The molecule has 0 saturated heterocycles. The molecule has 0 aliphatic carbocycles. The van der Waals surface area contributed by atoms with Crippen molar-refractivity contribution >= 4 is 26.0 Å². The minimum atomic E-state index is -4.03. The number of carbonyl (C=O) groups is 1. The van der Waals surface area contributed by atoms with E-state index in [9.17, 15) is 13.2 Å². The maximum absolute atomic E-state index is 10.6. The third-order valence-electron chi connectivity index (χ3n) is 1.09. The van der Waals surface area contributed by atoms with Crippen LogP contribution in [0.15, 0.2) is 0 Å². The maximum Gasteiger partial charge on any atom is 0.422 e. The monoisotopic (exact) mass is 215 g/mol. The van der Waals surface area contributed by atoms with E-state index in [0.717, 1.165) is 0 Å². The van der Waals surface area contributed by atoms with Crippen LogP contribution in [0, 0.1) is 0 Å². The molecule has 0 rings (SSSR count). The lowest BCUT2D eigenvalue weighted by atomic mass is 10.3. The van der Waals surface area contributed by atoms with Gasteiger partial charge in [-0.3, -0.25) is 0 Å². The highest BCUT2D eigenvalue weighted by Crippen LogP contribution is 1.98. The van der Waals surface area contributed by atoms with Crippen LogP contribution in [0.5, 0.6) is 0 Å². The minimum absolute atomic E-state index is 0.330. The Kier molecular flexibility index (Phi) is 4.33. The maximum atomic E-state index is 10.6. The van der Waals surface area contributed by atoms with E-state index >= 15 is 0 Å². The van der Waals surface area contributed by atoms with Gasteiger partial charge in [-0.25, -0.2) is 9.52 Å². The van der Waals surface area contributed by atoms with Crippen LogP contribution in [0.4, 0.5) is 4.79 Å². The molecule has 12 heavy (non-hydrogen) atoms. The Morgan fingerprint density at radius 1 is 1.67 bits per heavy atom. The fraction of sp³-hybridized carbons (Fsp3) is 0.800. The summed E-state index contributed by atoms with van der Waals surface area (Å²) in [5.41, 5.74) is 0.